The van der Waals surface area contributed by atoms with E-state index in [0.29, 0.717) is 35.8 Å². The second kappa shape index (κ2) is 12.6. The molecule has 2 aromatic rings. The van der Waals surface area contributed by atoms with Gasteiger partial charge in [-0.05, 0) is 67.6 Å². The molecule has 2 aliphatic heterocycles. The number of halogens is 4. The van der Waals surface area contributed by atoms with Crippen LogP contribution in [0.15, 0.2) is 36.4 Å². The number of nitrogens with zero attached hydrogens (tertiary/aromatic N) is 3. The number of carbonyl (C=O) groups excluding carboxylic acids is 2. The molecule has 0 unspecified atom stereocenters. The summed E-state index contributed by atoms with van der Waals surface area (Å²) < 4.78 is 42.7. The molecule has 11 heteroatoms. The number of piperidine rings is 2. The fraction of sp³-hybridized carbons (Fsp3) is 0.567. The molecule has 2 fully saturated rings. The monoisotopic (exact) mass is 594 g/mol. The van der Waals surface area contributed by atoms with Crippen LogP contribution in [0.1, 0.15) is 73.4 Å². The van der Waals surface area contributed by atoms with Crippen molar-refractivity contribution < 1.29 is 27.9 Å². The van der Waals surface area contributed by atoms with Crippen LogP contribution in [0, 0.1) is 11.8 Å². The van der Waals surface area contributed by atoms with Crippen LogP contribution in [-0.2, 0) is 10.4 Å². The number of anilines is 1. The predicted octanol–water partition coefficient (Wildman–Crippen LogP) is 5.51. The largest absolute Gasteiger partial charge is 0.430 e. The molecule has 2 N–H and O–H groups in total. The fourth-order valence-corrected chi connectivity index (χ4v) is 6.14. The molecule has 2 amide bonds. The summed E-state index contributed by atoms with van der Waals surface area (Å²) in [5.74, 6) is -0.142. The first-order valence-corrected chi connectivity index (χ1v) is 14.6. The molecule has 2 aliphatic rings. The maximum Gasteiger partial charge on any atom is 0.430 e. The van der Waals surface area contributed by atoms with E-state index < -0.39 is 23.2 Å². The first kappa shape index (κ1) is 31.1. The van der Waals surface area contributed by atoms with Gasteiger partial charge < -0.3 is 20.2 Å². The van der Waals surface area contributed by atoms with Crippen molar-refractivity contribution in [2.75, 3.05) is 38.1 Å². The molecule has 1 aromatic carbocycles. The van der Waals surface area contributed by atoms with Gasteiger partial charge in [-0.3, -0.25) is 9.59 Å². The van der Waals surface area contributed by atoms with Crippen molar-refractivity contribution in [3.8, 4) is 0 Å². The van der Waals surface area contributed by atoms with Crippen LogP contribution in [0.25, 0.3) is 0 Å². The fourth-order valence-electron chi connectivity index (χ4n) is 5.91. The van der Waals surface area contributed by atoms with E-state index in [-0.39, 0.29) is 30.1 Å². The van der Waals surface area contributed by atoms with Crippen molar-refractivity contribution in [3.05, 3.63) is 58.2 Å². The molecule has 41 heavy (non-hydrogen) atoms. The maximum absolute atomic E-state index is 14.2. The molecular weight excluding hydrogens is 557 g/mol. The predicted molar refractivity (Wildman–Crippen MR) is 152 cm³/mol. The molecule has 224 valence electrons. The van der Waals surface area contributed by atoms with Crippen LogP contribution in [0.3, 0.4) is 0 Å². The number of hydrogen-bond donors (Lipinski definition) is 2. The summed E-state index contributed by atoms with van der Waals surface area (Å²) in [5, 5.41) is 13.6. The van der Waals surface area contributed by atoms with E-state index in [0.717, 1.165) is 38.2 Å². The standard InChI is InChI=1S/C30H38ClF3N4O3/c1-19(2)22-5-4-6-23(18-22)29(41,30(32,33)34)28(40)38-15-11-21(12-16-38)17-20-9-13-37(14-10-20)25-8-7-24(26(31)36-25)27(39)35-3/h4-8,18-21,41H,9-17H2,1-3H3,(H,35,39)/t29-/m1/s1. The van der Waals surface area contributed by atoms with Crippen molar-refractivity contribution in [2.24, 2.45) is 11.8 Å². The van der Waals surface area contributed by atoms with Crippen molar-refractivity contribution in [2.45, 2.75) is 63.6 Å². The van der Waals surface area contributed by atoms with E-state index in [9.17, 15) is 27.9 Å². The molecule has 0 spiro atoms. The summed E-state index contributed by atoms with van der Waals surface area (Å²) >= 11 is 6.22. The Morgan fingerprint density at radius 1 is 1.05 bits per heavy atom. The number of rotatable bonds is 7. The zero-order chi connectivity index (χ0) is 29.9. The Hall–Kier alpha value is -2.85. The number of hydrogen-bond acceptors (Lipinski definition) is 5. The van der Waals surface area contributed by atoms with E-state index >= 15 is 0 Å². The zero-order valence-electron chi connectivity index (χ0n) is 23.7. The average Bonchev–Trinajstić information content (AvgIpc) is 2.96. The lowest BCUT2D eigenvalue weighted by molar-refractivity contribution is -0.262. The van der Waals surface area contributed by atoms with Crippen LogP contribution in [0.5, 0.6) is 0 Å². The Kier molecular flexibility index (Phi) is 9.53. The van der Waals surface area contributed by atoms with Crippen molar-refractivity contribution in [1.29, 1.82) is 0 Å². The Morgan fingerprint density at radius 3 is 2.20 bits per heavy atom. The number of amides is 2. The van der Waals surface area contributed by atoms with E-state index in [1.165, 1.54) is 30.1 Å². The molecule has 1 atom stereocenters. The number of pyridine rings is 1. The number of alkyl halides is 3. The smallest absolute Gasteiger partial charge is 0.369 e. The van der Waals surface area contributed by atoms with Crippen molar-refractivity contribution in [3.63, 3.8) is 0 Å². The van der Waals surface area contributed by atoms with Gasteiger partial charge in [0.1, 0.15) is 11.0 Å². The third-order valence-corrected chi connectivity index (χ3v) is 8.79. The summed E-state index contributed by atoms with van der Waals surface area (Å²) in [7, 11) is 1.54. The minimum atomic E-state index is -5.15. The highest BCUT2D eigenvalue weighted by Crippen LogP contribution is 2.42. The average molecular weight is 595 g/mol. The number of nitrogens with one attached hydrogen (secondary N) is 1. The Balaban J connectivity index is 1.32. The zero-order valence-corrected chi connectivity index (χ0v) is 24.4. The lowest BCUT2D eigenvalue weighted by Gasteiger charge is -2.40. The van der Waals surface area contributed by atoms with Gasteiger partial charge >= 0.3 is 6.18 Å². The van der Waals surface area contributed by atoms with Gasteiger partial charge in [0.25, 0.3) is 17.4 Å². The number of carbonyl (C=O) groups is 2. The molecular formula is C30H38ClF3N4O3. The summed E-state index contributed by atoms with van der Waals surface area (Å²) in [6, 6.07) is 9.08. The Bertz CT molecular complexity index is 1240. The number of aliphatic hydroxyl groups is 1. The number of benzene rings is 1. The third-order valence-electron chi connectivity index (χ3n) is 8.50. The van der Waals surface area contributed by atoms with Gasteiger partial charge in [0.15, 0.2) is 0 Å². The van der Waals surface area contributed by atoms with Crippen molar-refractivity contribution >= 4 is 29.2 Å². The lowest BCUT2D eigenvalue weighted by Crippen LogP contribution is -2.57. The first-order chi connectivity index (χ1) is 19.3. The summed E-state index contributed by atoms with van der Waals surface area (Å²) in [4.78, 5) is 32.8. The second-order valence-corrected chi connectivity index (χ2v) is 11.8. The highest BCUT2D eigenvalue weighted by molar-refractivity contribution is 6.32. The number of likely N-dealkylation sites (tertiary alicyclic amines) is 1. The Morgan fingerprint density at radius 2 is 1.66 bits per heavy atom. The molecule has 4 rings (SSSR count). The summed E-state index contributed by atoms with van der Waals surface area (Å²) in [6.45, 7) is 5.65. The molecule has 3 heterocycles. The first-order valence-electron chi connectivity index (χ1n) is 14.2. The molecule has 0 aliphatic carbocycles. The lowest BCUT2D eigenvalue weighted by atomic mass is 9.82. The summed E-state index contributed by atoms with van der Waals surface area (Å²) in [6.07, 6.45) is -1.12. The van der Waals surface area contributed by atoms with Gasteiger partial charge in [-0.1, -0.05) is 49.7 Å². The van der Waals surface area contributed by atoms with Gasteiger partial charge in [-0.25, -0.2) is 4.98 Å². The van der Waals surface area contributed by atoms with Gasteiger partial charge in [0.2, 0.25) is 0 Å². The topological polar surface area (TPSA) is 85.8 Å². The molecule has 0 bridgehead atoms. The normalized spacial score (nSPS) is 18.9. The molecule has 0 radical (unpaired) electrons. The van der Waals surface area contributed by atoms with Gasteiger partial charge in [0.05, 0.1) is 5.56 Å². The minimum Gasteiger partial charge on any atom is -0.369 e. The molecule has 2 saturated heterocycles. The van der Waals surface area contributed by atoms with Gasteiger partial charge in [-0.2, -0.15) is 13.2 Å². The van der Waals surface area contributed by atoms with Gasteiger partial charge in [-0.15, -0.1) is 0 Å². The second-order valence-electron chi connectivity index (χ2n) is 11.5. The molecule has 1 aromatic heterocycles. The van der Waals surface area contributed by atoms with Crippen LogP contribution >= 0.6 is 11.6 Å². The quantitative estimate of drug-likeness (QED) is 0.413. The highest BCUT2D eigenvalue weighted by atomic mass is 35.5. The molecule has 0 saturated carbocycles. The van der Waals surface area contributed by atoms with E-state index in [4.69, 9.17) is 11.6 Å². The van der Waals surface area contributed by atoms with Crippen LogP contribution in [0.2, 0.25) is 5.15 Å². The van der Waals surface area contributed by atoms with E-state index in [1.807, 2.05) is 13.8 Å². The van der Waals surface area contributed by atoms with E-state index in [1.54, 1.807) is 18.2 Å². The highest BCUT2D eigenvalue weighted by Gasteiger charge is 2.62. The molecule has 7 nitrogen and oxygen atoms in total. The van der Waals surface area contributed by atoms with E-state index in [2.05, 4.69) is 15.2 Å². The third kappa shape index (κ3) is 6.64. The maximum atomic E-state index is 14.2. The van der Waals surface area contributed by atoms with Crippen molar-refractivity contribution in [1.82, 2.24) is 15.2 Å². The Labute approximate surface area is 244 Å². The SMILES string of the molecule is CNC(=O)c1ccc(N2CCC(CC3CCN(C(=O)[C@](O)(c4cccc(C(C)C)c4)C(F)(F)F)CC3)CC2)nc1Cl. The van der Waals surface area contributed by atoms with Crippen LogP contribution in [0.4, 0.5) is 19.0 Å². The van der Waals surface area contributed by atoms with Crippen LogP contribution < -0.4 is 10.2 Å². The summed E-state index contributed by atoms with van der Waals surface area (Å²) in [5.41, 5.74) is -3.06. The number of aromatic nitrogens is 1. The minimum absolute atomic E-state index is 0.0474. The van der Waals surface area contributed by atoms with Gasteiger partial charge in [0, 0.05) is 38.8 Å². The van der Waals surface area contributed by atoms with Crippen LogP contribution in [-0.4, -0.2) is 66.2 Å².